The van der Waals surface area contributed by atoms with Crippen LogP contribution in [0.3, 0.4) is 0 Å². The van der Waals surface area contributed by atoms with Gasteiger partial charge in [-0.05, 0) is 37.5 Å². The monoisotopic (exact) mass is 197 g/mol. The van der Waals surface area contributed by atoms with Gasteiger partial charge in [0.25, 0.3) is 0 Å². The summed E-state index contributed by atoms with van der Waals surface area (Å²) < 4.78 is 0. The molecule has 0 aromatic rings. The van der Waals surface area contributed by atoms with Crippen molar-refractivity contribution in [1.82, 2.24) is 5.32 Å². The van der Waals surface area contributed by atoms with Gasteiger partial charge in [0.2, 0.25) is 5.91 Å². The predicted molar refractivity (Wildman–Crippen MR) is 53.8 cm³/mol. The van der Waals surface area contributed by atoms with Gasteiger partial charge in [-0.2, -0.15) is 0 Å². The van der Waals surface area contributed by atoms with Crippen molar-refractivity contribution in [2.45, 2.75) is 51.0 Å². The van der Waals surface area contributed by atoms with Crippen LogP contribution in [0.25, 0.3) is 0 Å². The van der Waals surface area contributed by atoms with E-state index < -0.39 is 0 Å². The van der Waals surface area contributed by atoms with Crippen molar-refractivity contribution in [3.8, 4) is 0 Å². The maximum absolute atomic E-state index is 11.4. The van der Waals surface area contributed by atoms with Crippen LogP contribution in [0, 0.1) is 5.41 Å². The maximum atomic E-state index is 11.4. The van der Waals surface area contributed by atoms with E-state index in [1.165, 1.54) is 0 Å². The zero-order valence-electron chi connectivity index (χ0n) is 8.81. The summed E-state index contributed by atoms with van der Waals surface area (Å²) in [5.41, 5.74) is 0.231. The third-order valence-corrected chi connectivity index (χ3v) is 3.78. The minimum Gasteiger partial charge on any atom is -0.396 e. The second-order valence-corrected chi connectivity index (χ2v) is 5.09. The first-order valence-electron chi connectivity index (χ1n) is 5.56. The molecule has 0 unspecified atom stereocenters. The Labute approximate surface area is 84.9 Å². The minimum atomic E-state index is 0.0645. The SMILES string of the molecule is CCCC(=O)NC12CCC(CO)(C1)C2. The number of hydrogen-bond acceptors (Lipinski definition) is 2. The first kappa shape index (κ1) is 9.97. The smallest absolute Gasteiger partial charge is 0.220 e. The molecule has 0 radical (unpaired) electrons. The summed E-state index contributed by atoms with van der Waals surface area (Å²) in [5, 5.41) is 12.3. The molecule has 0 aliphatic heterocycles. The van der Waals surface area contributed by atoms with E-state index in [-0.39, 0.29) is 16.9 Å². The fraction of sp³-hybridized carbons (Fsp3) is 0.909. The Bertz CT molecular complexity index is 244. The molecule has 0 heterocycles. The van der Waals surface area contributed by atoms with Crippen LogP contribution in [0.4, 0.5) is 0 Å². The van der Waals surface area contributed by atoms with Crippen LogP contribution in [-0.2, 0) is 4.79 Å². The first-order valence-corrected chi connectivity index (χ1v) is 5.56. The van der Waals surface area contributed by atoms with Crippen LogP contribution in [0.5, 0.6) is 0 Å². The highest BCUT2D eigenvalue weighted by molar-refractivity contribution is 5.77. The normalized spacial score (nSPS) is 39.3. The van der Waals surface area contributed by atoms with E-state index in [1.54, 1.807) is 0 Å². The number of nitrogens with one attached hydrogen (secondary N) is 1. The van der Waals surface area contributed by atoms with Crippen LogP contribution in [0.2, 0.25) is 0 Å². The van der Waals surface area contributed by atoms with Gasteiger partial charge < -0.3 is 10.4 Å². The van der Waals surface area contributed by atoms with Gasteiger partial charge >= 0.3 is 0 Å². The topological polar surface area (TPSA) is 49.3 Å². The van der Waals surface area contributed by atoms with Crippen molar-refractivity contribution in [2.24, 2.45) is 5.41 Å². The number of aliphatic hydroxyl groups excluding tert-OH is 1. The van der Waals surface area contributed by atoms with Gasteiger partial charge in [0, 0.05) is 18.6 Å². The third kappa shape index (κ3) is 1.44. The molecule has 0 aromatic carbocycles. The first-order chi connectivity index (χ1) is 6.64. The molecule has 3 heteroatoms. The molecule has 2 N–H and O–H groups in total. The van der Waals surface area contributed by atoms with Gasteiger partial charge in [0.1, 0.15) is 0 Å². The van der Waals surface area contributed by atoms with E-state index >= 15 is 0 Å². The lowest BCUT2D eigenvalue weighted by Crippen LogP contribution is -2.56. The molecule has 3 aliphatic rings. The van der Waals surface area contributed by atoms with Crippen LogP contribution in [0.1, 0.15) is 45.4 Å². The number of fused-ring (bicyclic) bond motifs is 1. The summed E-state index contributed by atoms with van der Waals surface area (Å²) >= 11 is 0. The molecule has 2 bridgehead atoms. The zero-order chi connectivity index (χ0) is 10.2. The summed E-state index contributed by atoms with van der Waals surface area (Å²) in [5.74, 6) is 0.181. The molecular weight excluding hydrogens is 178 g/mol. The summed E-state index contributed by atoms with van der Waals surface area (Å²) in [6.45, 7) is 2.31. The maximum Gasteiger partial charge on any atom is 0.220 e. The summed E-state index contributed by atoms with van der Waals surface area (Å²) in [7, 11) is 0. The molecule has 3 fully saturated rings. The highest BCUT2D eigenvalue weighted by Crippen LogP contribution is 2.60. The van der Waals surface area contributed by atoms with Crippen molar-refractivity contribution in [1.29, 1.82) is 0 Å². The lowest BCUT2D eigenvalue weighted by molar-refractivity contribution is -0.125. The number of carbonyl (C=O) groups is 1. The Balaban J connectivity index is 1.87. The number of rotatable bonds is 4. The Morgan fingerprint density at radius 2 is 2.14 bits per heavy atom. The highest BCUT2D eigenvalue weighted by Gasteiger charge is 2.60. The number of aliphatic hydroxyl groups is 1. The van der Waals surface area contributed by atoms with Gasteiger partial charge in [-0.15, -0.1) is 0 Å². The fourth-order valence-electron chi connectivity index (χ4n) is 3.17. The molecule has 0 aromatic heterocycles. The number of amides is 1. The molecule has 3 saturated carbocycles. The van der Waals surface area contributed by atoms with E-state index in [0.717, 1.165) is 32.1 Å². The minimum absolute atomic E-state index is 0.0645. The fourth-order valence-corrected chi connectivity index (χ4v) is 3.17. The van der Waals surface area contributed by atoms with Crippen molar-refractivity contribution < 1.29 is 9.90 Å². The van der Waals surface area contributed by atoms with Gasteiger partial charge in [0.05, 0.1) is 0 Å². The quantitative estimate of drug-likeness (QED) is 0.711. The van der Waals surface area contributed by atoms with Crippen LogP contribution in [-0.4, -0.2) is 23.2 Å². The average Bonchev–Trinajstić information content (AvgIpc) is 2.59. The van der Waals surface area contributed by atoms with Gasteiger partial charge in [-0.3, -0.25) is 4.79 Å². The molecule has 14 heavy (non-hydrogen) atoms. The number of carbonyl (C=O) groups excluding carboxylic acids is 1. The number of hydrogen-bond donors (Lipinski definition) is 2. The van der Waals surface area contributed by atoms with E-state index in [0.29, 0.717) is 13.0 Å². The standard InChI is InChI=1S/C11H19NO2/c1-2-3-9(14)12-11-5-4-10(6-11,7-11)8-13/h13H,2-8H2,1H3,(H,12,14). The zero-order valence-corrected chi connectivity index (χ0v) is 8.81. The van der Waals surface area contributed by atoms with E-state index in [1.807, 2.05) is 6.92 Å². The van der Waals surface area contributed by atoms with Crippen molar-refractivity contribution in [3.05, 3.63) is 0 Å². The van der Waals surface area contributed by atoms with Crippen LogP contribution < -0.4 is 5.32 Å². The molecular formula is C11H19NO2. The van der Waals surface area contributed by atoms with Gasteiger partial charge in [-0.1, -0.05) is 6.92 Å². The van der Waals surface area contributed by atoms with Crippen LogP contribution in [0.15, 0.2) is 0 Å². The molecule has 3 aliphatic carbocycles. The molecule has 0 spiro atoms. The van der Waals surface area contributed by atoms with Crippen molar-refractivity contribution >= 4 is 5.91 Å². The third-order valence-electron chi connectivity index (χ3n) is 3.78. The largest absolute Gasteiger partial charge is 0.396 e. The molecule has 3 nitrogen and oxygen atoms in total. The van der Waals surface area contributed by atoms with Gasteiger partial charge in [0.15, 0.2) is 0 Å². The molecule has 0 atom stereocenters. The van der Waals surface area contributed by atoms with E-state index in [4.69, 9.17) is 0 Å². The Hall–Kier alpha value is -0.570. The summed E-state index contributed by atoms with van der Waals surface area (Å²) in [6.07, 6.45) is 5.66. The lowest BCUT2D eigenvalue weighted by atomic mass is 9.65. The molecule has 80 valence electrons. The molecule has 3 rings (SSSR count). The molecule has 1 amide bonds. The van der Waals surface area contributed by atoms with Crippen molar-refractivity contribution in [3.63, 3.8) is 0 Å². The highest BCUT2D eigenvalue weighted by atomic mass is 16.3. The Kier molecular flexibility index (Phi) is 2.30. The molecule has 0 saturated heterocycles. The van der Waals surface area contributed by atoms with E-state index in [9.17, 15) is 9.90 Å². The lowest BCUT2D eigenvalue weighted by Gasteiger charge is -2.47. The van der Waals surface area contributed by atoms with Gasteiger partial charge in [-0.25, -0.2) is 0 Å². The van der Waals surface area contributed by atoms with Crippen LogP contribution >= 0.6 is 0 Å². The van der Waals surface area contributed by atoms with Crippen molar-refractivity contribution in [2.75, 3.05) is 6.61 Å². The van der Waals surface area contributed by atoms with E-state index in [2.05, 4.69) is 5.32 Å². The second kappa shape index (κ2) is 3.23. The predicted octanol–water partition coefficient (Wildman–Crippen LogP) is 1.21. The Morgan fingerprint density at radius 3 is 2.64 bits per heavy atom. The second-order valence-electron chi connectivity index (χ2n) is 5.09. The summed E-state index contributed by atoms with van der Waals surface area (Å²) in [4.78, 5) is 11.4. The Morgan fingerprint density at radius 1 is 1.43 bits per heavy atom. The summed E-state index contributed by atoms with van der Waals surface area (Å²) in [6, 6.07) is 0. The average molecular weight is 197 g/mol.